The van der Waals surface area contributed by atoms with Crippen LogP contribution in [0.4, 0.5) is 10.5 Å². The van der Waals surface area contributed by atoms with Crippen molar-refractivity contribution in [2.75, 3.05) is 53.8 Å². The summed E-state index contributed by atoms with van der Waals surface area (Å²) in [4.78, 5) is 114. The minimum atomic E-state index is -0.993. The van der Waals surface area contributed by atoms with Crippen LogP contribution in [0.2, 0.25) is 0 Å². The number of benzene rings is 2. The van der Waals surface area contributed by atoms with E-state index in [0.29, 0.717) is 49.9 Å². The van der Waals surface area contributed by atoms with Crippen molar-refractivity contribution in [3.05, 3.63) is 77.3 Å². The molecule has 1 saturated heterocycles. The summed E-state index contributed by atoms with van der Waals surface area (Å²) in [7, 11) is 8.20. The summed E-state index contributed by atoms with van der Waals surface area (Å²) in [5, 5.41) is 13.7. The number of likely N-dealkylation sites (N-methyl/N-ethyl adjacent to an activating group) is 3. The van der Waals surface area contributed by atoms with Crippen LogP contribution in [-0.4, -0.2) is 163 Å². The number of thioether (sulfide) groups is 1. The maximum Gasteiger partial charge on any atom is 0.410 e. The second-order valence-electron chi connectivity index (χ2n) is 21.7. The van der Waals surface area contributed by atoms with Crippen molar-refractivity contribution < 1.29 is 52.6 Å². The fraction of sp³-hybridized carbons (Fsp3) is 0.627. The van der Waals surface area contributed by atoms with Gasteiger partial charge >= 0.3 is 6.09 Å². The molecule has 4 N–H and O–H groups in total. The standard InChI is InChI=1S/C59H90N8O11S/c1-14-20-48(69)63-52(37(3)4)46(68)28-29-49(70)61-43-26-24-42(25-27-43)36-78-59(75)66(11)53(38(5)6)57(74)60-35-51(72)65(10)54(39(7)15-2)47(76-12)34-50(71)67-30-19-23-45(67)55(77-13)40(8)56(73)62-44(58-64(9)31-32-79-58)33-41-21-17-16-18-22-41/h16-18,21-22,24-27,31-32,37-40,44-45,47,52-55,58H,14-15,19-20,23,28-30,33-36H2,1-13H3,(H,60,74)(H,61,70)(H,62,73)(H,63,69)/t39-,40+,44-,45-,47+,52-,53-,54?,55+,58?/m0/s1. The Morgan fingerprint density at radius 2 is 1.47 bits per heavy atom. The highest BCUT2D eigenvalue weighted by Crippen LogP contribution is 2.32. The van der Waals surface area contributed by atoms with Gasteiger partial charge in [0.15, 0.2) is 5.78 Å². The highest BCUT2D eigenvalue weighted by molar-refractivity contribution is 8.02. The SMILES string of the molecule is CCCC(=O)N[C@H](C(=O)CCC(=O)Nc1ccc(COC(=O)N(C)[C@H](C(=O)NCC(=O)N(C)C([C@@H](C)CC)[C@@H](CC(=O)N2CCC[C@H]2[C@H](OC)[C@@H](C)C(=O)N[C@@H](Cc2ccccc2)C2SC=CN2C)OC)C(C)C)cc1)C(C)C. The molecule has 0 aliphatic carbocycles. The predicted octanol–water partition coefficient (Wildman–Crippen LogP) is 6.75. The van der Waals surface area contributed by atoms with Gasteiger partial charge in [0, 0.05) is 73.1 Å². The molecule has 1 fully saturated rings. The van der Waals surface area contributed by atoms with Crippen LogP contribution in [0.1, 0.15) is 118 Å². The van der Waals surface area contributed by atoms with E-state index in [-0.39, 0.29) is 97.0 Å². The summed E-state index contributed by atoms with van der Waals surface area (Å²) in [6.07, 6.45) is 3.52. The zero-order chi connectivity index (χ0) is 58.5. The number of nitrogens with zero attached hydrogens (tertiary/aromatic N) is 4. The molecule has 2 aromatic rings. The number of methoxy groups -OCH3 is 2. The Balaban J connectivity index is 1.32. The molecule has 10 atom stereocenters. The maximum absolute atomic E-state index is 14.4. The number of ketones is 1. The number of rotatable bonds is 31. The molecule has 0 spiro atoms. The van der Waals surface area contributed by atoms with Crippen LogP contribution in [-0.2, 0) is 60.8 Å². The fourth-order valence-electron chi connectivity index (χ4n) is 10.6. The van der Waals surface area contributed by atoms with E-state index >= 15 is 0 Å². The van der Waals surface area contributed by atoms with Crippen LogP contribution in [0, 0.1) is 23.7 Å². The summed E-state index contributed by atoms with van der Waals surface area (Å²) in [6.45, 7) is 14.9. The summed E-state index contributed by atoms with van der Waals surface area (Å²) in [6, 6.07) is 14.0. The van der Waals surface area contributed by atoms with Crippen molar-refractivity contribution in [1.29, 1.82) is 0 Å². The van der Waals surface area contributed by atoms with Crippen molar-refractivity contribution in [3.8, 4) is 0 Å². The topological polar surface area (TPSA) is 225 Å². The molecule has 20 heteroatoms. The minimum Gasteiger partial charge on any atom is -0.445 e. The summed E-state index contributed by atoms with van der Waals surface area (Å²) in [5.41, 5.74) is 2.21. The lowest BCUT2D eigenvalue weighted by molar-refractivity contribution is -0.146. The number of hydrogen-bond donors (Lipinski definition) is 4. The molecule has 2 unspecified atom stereocenters. The lowest BCUT2D eigenvalue weighted by atomic mass is 9.90. The molecule has 2 aliphatic heterocycles. The predicted molar refractivity (Wildman–Crippen MR) is 307 cm³/mol. The quantitative estimate of drug-likeness (QED) is 0.0614. The molecule has 2 aliphatic rings. The largest absolute Gasteiger partial charge is 0.445 e. The smallest absolute Gasteiger partial charge is 0.410 e. The fourth-order valence-corrected chi connectivity index (χ4v) is 11.6. The molecule has 2 heterocycles. The van der Waals surface area contributed by atoms with Gasteiger partial charge in [0.2, 0.25) is 35.4 Å². The van der Waals surface area contributed by atoms with Crippen LogP contribution >= 0.6 is 11.8 Å². The van der Waals surface area contributed by atoms with Gasteiger partial charge in [0.25, 0.3) is 0 Å². The Hall–Kier alpha value is -5.99. The molecule has 0 radical (unpaired) electrons. The number of carbonyl (C=O) groups excluding carboxylic acids is 8. The molecule has 0 aromatic heterocycles. The molecule has 2 aromatic carbocycles. The van der Waals surface area contributed by atoms with Crippen LogP contribution in [0.25, 0.3) is 0 Å². The third-order valence-electron chi connectivity index (χ3n) is 15.2. The van der Waals surface area contributed by atoms with Gasteiger partial charge in [-0.1, -0.05) is 104 Å². The number of carbonyl (C=O) groups is 8. The second kappa shape index (κ2) is 32.3. The minimum absolute atomic E-state index is 0.00759. The van der Waals surface area contributed by atoms with Gasteiger partial charge in [0.1, 0.15) is 12.6 Å². The van der Waals surface area contributed by atoms with Gasteiger partial charge in [-0.25, -0.2) is 4.79 Å². The first kappa shape index (κ1) is 65.5. The molecule has 4 rings (SSSR count). The van der Waals surface area contributed by atoms with E-state index in [9.17, 15) is 38.4 Å². The van der Waals surface area contributed by atoms with E-state index in [1.54, 1.807) is 68.9 Å². The van der Waals surface area contributed by atoms with Gasteiger partial charge in [-0.15, -0.1) is 11.8 Å². The van der Waals surface area contributed by atoms with Gasteiger partial charge in [-0.2, -0.15) is 0 Å². The molecular formula is C59H90N8O11S. The summed E-state index contributed by atoms with van der Waals surface area (Å²) in [5.74, 6) is -3.25. The van der Waals surface area contributed by atoms with Crippen molar-refractivity contribution in [3.63, 3.8) is 0 Å². The van der Waals surface area contributed by atoms with Gasteiger partial charge in [0.05, 0.1) is 60.6 Å². The molecule has 79 heavy (non-hydrogen) atoms. The van der Waals surface area contributed by atoms with Crippen molar-refractivity contribution in [2.24, 2.45) is 23.7 Å². The normalized spacial score (nSPS) is 18.2. The van der Waals surface area contributed by atoms with Crippen molar-refractivity contribution >= 4 is 64.8 Å². The first-order chi connectivity index (χ1) is 37.6. The van der Waals surface area contributed by atoms with Crippen LogP contribution in [0.3, 0.4) is 0 Å². The van der Waals surface area contributed by atoms with E-state index in [4.69, 9.17) is 14.2 Å². The number of nitrogens with one attached hydrogen (secondary N) is 4. The highest BCUT2D eigenvalue weighted by Gasteiger charge is 2.43. The first-order valence-corrected chi connectivity index (χ1v) is 28.9. The number of likely N-dealkylation sites (tertiary alicyclic amines) is 1. The van der Waals surface area contributed by atoms with Crippen molar-refractivity contribution in [2.45, 2.75) is 168 Å². The monoisotopic (exact) mass is 1120 g/mol. The van der Waals surface area contributed by atoms with E-state index in [1.165, 1.54) is 24.0 Å². The molecule has 0 saturated carbocycles. The highest BCUT2D eigenvalue weighted by atomic mass is 32.2. The molecule has 0 bridgehead atoms. The van der Waals surface area contributed by atoms with Crippen molar-refractivity contribution in [1.82, 2.24) is 35.6 Å². The van der Waals surface area contributed by atoms with Gasteiger partial charge in [-0.05, 0) is 72.1 Å². The Morgan fingerprint density at radius 3 is 2.05 bits per heavy atom. The van der Waals surface area contributed by atoms with Crippen LogP contribution in [0.5, 0.6) is 0 Å². The van der Waals surface area contributed by atoms with Gasteiger partial charge < -0.3 is 50.2 Å². The number of anilines is 1. The van der Waals surface area contributed by atoms with Gasteiger partial charge in [-0.3, -0.25) is 38.5 Å². The Morgan fingerprint density at radius 1 is 0.785 bits per heavy atom. The van der Waals surface area contributed by atoms with E-state index in [0.717, 1.165) is 12.0 Å². The Bertz CT molecular complexity index is 2360. The average molecular weight is 1120 g/mol. The molecule has 7 amide bonds. The summed E-state index contributed by atoms with van der Waals surface area (Å²) >= 11 is 1.66. The molecule has 19 nitrogen and oxygen atoms in total. The zero-order valence-electron chi connectivity index (χ0n) is 49.0. The molecular weight excluding hydrogens is 1030 g/mol. The third kappa shape index (κ3) is 19.1. The second-order valence-corrected chi connectivity index (χ2v) is 22.8. The lowest BCUT2D eigenvalue weighted by Crippen LogP contribution is -2.56. The van der Waals surface area contributed by atoms with Crippen LogP contribution in [0.15, 0.2) is 66.2 Å². The van der Waals surface area contributed by atoms with E-state index in [1.807, 2.05) is 78.4 Å². The first-order valence-electron chi connectivity index (χ1n) is 27.9. The lowest BCUT2D eigenvalue weighted by Gasteiger charge is -2.39. The summed E-state index contributed by atoms with van der Waals surface area (Å²) < 4.78 is 17.7. The third-order valence-corrected chi connectivity index (χ3v) is 16.4. The van der Waals surface area contributed by atoms with E-state index in [2.05, 4.69) is 38.3 Å². The van der Waals surface area contributed by atoms with E-state index < -0.39 is 54.2 Å². The average Bonchev–Trinajstić information content (AvgIpc) is 4.12. The zero-order valence-corrected chi connectivity index (χ0v) is 49.8. The Kier molecular flexibility index (Phi) is 26.8. The number of hydrogen-bond acceptors (Lipinski definition) is 13. The molecule has 438 valence electrons. The number of amides is 7. The number of Topliss-reactive ketones (excluding diaryl/α,β-unsaturated/α-hetero) is 1. The Labute approximate surface area is 473 Å². The van der Waals surface area contributed by atoms with Crippen LogP contribution < -0.4 is 21.3 Å². The number of ether oxygens (including phenoxy) is 3. The maximum atomic E-state index is 14.4.